The summed E-state index contributed by atoms with van der Waals surface area (Å²) in [6.45, 7) is 0. The first-order chi connectivity index (χ1) is 10.4. The van der Waals surface area contributed by atoms with Crippen LogP contribution in [-0.2, 0) is 0 Å². The molecule has 0 bridgehead atoms. The number of nitriles is 1. The Morgan fingerprint density at radius 2 is 1.57 bits per heavy atom. The Kier molecular flexibility index (Phi) is 3.57. The Morgan fingerprint density at radius 1 is 0.857 bits per heavy atom. The van der Waals surface area contributed by atoms with Crippen molar-refractivity contribution in [2.45, 2.75) is 0 Å². The predicted octanol–water partition coefficient (Wildman–Crippen LogP) is 3.81. The van der Waals surface area contributed by atoms with Crippen LogP contribution in [-0.4, -0.2) is 9.97 Å². The Labute approximate surface area is 122 Å². The lowest BCUT2D eigenvalue weighted by Crippen LogP contribution is -1.94. The van der Waals surface area contributed by atoms with Gasteiger partial charge in [0.1, 0.15) is 11.4 Å². The SMILES string of the molecule is N#Cc1ccc(-c2nccnc2Oc2ccccc2)cc1. The fourth-order valence-electron chi connectivity index (χ4n) is 1.90. The van der Waals surface area contributed by atoms with Crippen LogP contribution in [0, 0.1) is 11.3 Å². The molecule has 1 aromatic heterocycles. The van der Waals surface area contributed by atoms with Crippen molar-refractivity contribution in [1.29, 1.82) is 5.26 Å². The molecule has 0 radical (unpaired) electrons. The number of para-hydroxylation sites is 1. The lowest BCUT2D eigenvalue weighted by molar-refractivity contribution is 0.462. The van der Waals surface area contributed by atoms with Crippen LogP contribution in [0.5, 0.6) is 11.6 Å². The van der Waals surface area contributed by atoms with Gasteiger partial charge in [-0.05, 0) is 24.3 Å². The summed E-state index contributed by atoms with van der Waals surface area (Å²) >= 11 is 0. The Morgan fingerprint density at radius 3 is 2.29 bits per heavy atom. The molecule has 2 aromatic carbocycles. The molecule has 3 rings (SSSR count). The molecule has 100 valence electrons. The minimum absolute atomic E-state index is 0.438. The number of rotatable bonds is 3. The highest BCUT2D eigenvalue weighted by Gasteiger charge is 2.10. The highest BCUT2D eigenvalue weighted by molar-refractivity contribution is 5.65. The van der Waals surface area contributed by atoms with Gasteiger partial charge in [-0.1, -0.05) is 30.3 Å². The van der Waals surface area contributed by atoms with E-state index in [4.69, 9.17) is 10.00 Å². The van der Waals surface area contributed by atoms with Gasteiger partial charge in [-0.25, -0.2) is 9.97 Å². The third-order valence-corrected chi connectivity index (χ3v) is 2.91. The summed E-state index contributed by atoms with van der Waals surface area (Å²) in [6, 6.07) is 18.7. The summed E-state index contributed by atoms with van der Waals surface area (Å²) in [5.74, 6) is 1.14. The standard InChI is InChI=1S/C17H11N3O/c18-12-13-6-8-14(9-7-13)16-17(20-11-10-19-16)21-15-4-2-1-3-5-15/h1-11H. The van der Waals surface area contributed by atoms with Gasteiger partial charge in [0.25, 0.3) is 0 Å². The first-order valence-corrected chi connectivity index (χ1v) is 6.41. The molecule has 0 amide bonds. The van der Waals surface area contributed by atoms with Gasteiger partial charge in [0.05, 0.1) is 11.6 Å². The van der Waals surface area contributed by atoms with E-state index in [-0.39, 0.29) is 0 Å². The molecule has 4 heteroatoms. The highest BCUT2D eigenvalue weighted by atomic mass is 16.5. The third-order valence-electron chi connectivity index (χ3n) is 2.91. The number of nitrogens with zero attached hydrogens (tertiary/aromatic N) is 3. The molecule has 0 saturated carbocycles. The van der Waals surface area contributed by atoms with E-state index >= 15 is 0 Å². The normalized spacial score (nSPS) is 9.86. The molecule has 0 aliphatic rings. The maximum absolute atomic E-state index is 8.85. The molecule has 0 N–H and O–H groups in total. The molecule has 0 atom stereocenters. The second kappa shape index (κ2) is 5.85. The van der Waals surface area contributed by atoms with Gasteiger partial charge in [0.15, 0.2) is 0 Å². The summed E-state index contributed by atoms with van der Waals surface area (Å²) in [7, 11) is 0. The fraction of sp³-hybridized carbons (Fsp3) is 0. The van der Waals surface area contributed by atoms with E-state index in [2.05, 4.69) is 16.0 Å². The smallest absolute Gasteiger partial charge is 0.246 e. The number of hydrogen-bond acceptors (Lipinski definition) is 4. The van der Waals surface area contributed by atoms with Gasteiger partial charge < -0.3 is 4.74 Å². The van der Waals surface area contributed by atoms with Gasteiger partial charge in [-0.2, -0.15) is 5.26 Å². The minimum atomic E-state index is 0.438. The topological polar surface area (TPSA) is 58.8 Å². The van der Waals surface area contributed by atoms with Crippen molar-refractivity contribution < 1.29 is 4.74 Å². The van der Waals surface area contributed by atoms with Crippen LogP contribution in [0.15, 0.2) is 67.0 Å². The summed E-state index contributed by atoms with van der Waals surface area (Å²) in [4.78, 5) is 8.57. The van der Waals surface area contributed by atoms with Crippen LogP contribution in [0.3, 0.4) is 0 Å². The molecule has 0 aliphatic carbocycles. The third kappa shape index (κ3) is 2.88. The number of ether oxygens (including phenoxy) is 1. The quantitative estimate of drug-likeness (QED) is 0.728. The summed E-state index contributed by atoms with van der Waals surface area (Å²) in [5, 5.41) is 8.85. The van der Waals surface area contributed by atoms with Crippen LogP contribution in [0.1, 0.15) is 5.56 Å². The van der Waals surface area contributed by atoms with Crippen molar-refractivity contribution in [1.82, 2.24) is 9.97 Å². The van der Waals surface area contributed by atoms with Crippen molar-refractivity contribution in [3.8, 4) is 29.0 Å². The van der Waals surface area contributed by atoms with E-state index in [1.165, 1.54) is 0 Å². The molecule has 3 aromatic rings. The second-order valence-electron chi connectivity index (χ2n) is 4.31. The lowest BCUT2D eigenvalue weighted by atomic mass is 10.1. The zero-order valence-corrected chi connectivity index (χ0v) is 11.1. The van der Waals surface area contributed by atoms with E-state index in [9.17, 15) is 0 Å². The first-order valence-electron chi connectivity index (χ1n) is 6.41. The van der Waals surface area contributed by atoms with Crippen LogP contribution in [0.2, 0.25) is 0 Å². The molecule has 0 aliphatic heterocycles. The van der Waals surface area contributed by atoms with Gasteiger partial charge in [-0.3, -0.25) is 0 Å². The molecule has 0 unspecified atom stereocenters. The van der Waals surface area contributed by atoms with Crippen molar-refractivity contribution in [3.63, 3.8) is 0 Å². The number of aromatic nitrogens is 2. The lowest BCUT2D eigenvalue weighted by Gasteiger charge is -2.08. The molecular weight excluding hydrogens is 262 g/mol. The van der Waals surface area contributed by atoms with Gasteiger partial charge in [0, 0.05) is 18.0 Å². The van der Waals surface area contributed by atoms with E-state index < -0.39 is 0 Å². The monoisotopic (exact) mass is 273 g/mol. The average molecular weight is 273 g/mol. The highest BCUT2D eigenvalue weighted by Crippen LogP contribution is 2.29. The van der Waals surface area contributed by atoms with Gasteiger partial charge in [-0.15, -0.1) is 0 Å². The maximum Gasteiger partial charge on any atom is 0.246 e. The number of benzene rings is 2. The Hall–Kier alpha value is -3.19. The molecule has 21 heavy (non-hydrogen) atoms. The zero-order valence-electron chi connectivity index (χ0n) is 11.1. The van der Waals surface area contributed by atoms with E-state index in [0.29, 0.717) is 22.9 Å². The minimum Gasteiger partial charge on any atom is -0.437 e. The van der Waals surface area contributed by atoms with Gasteiger partial charge >= 0.3 is 0 Å². The summed E-state index contributed by atoms with van der Waals surface area (Å²) in [5.41, 5.74) is 2.10. The number of hydrogen-bond donors (Lipinski definition) is 0. The molecule has 1 heterocycles. The Bertz CT molecular complexity index is 777. The summed E-state index contributed by atoms with van der Waals surface area (Å²) in [6.07, 6.45) is 3.21. The van der Waals surface area contributed by atoms with Gasteiger partial charge in [0.2, 0.25) is 5.88 Å². The predicted molar refractivity (Wildman–Crippen MR) is 78.7 cm³/mol. The molecule has 4 nitrogen and oxygen atoms in total. The van der Waals surface area contributed by atoms with Crippen LogP contribution < -0.4 is 4.74 Å². The van der Waals surface area contributed by atoms with Crippen molar-refractivity contribution in [3.05, 3.63) is 72.6 Å². The van der Waals surface area contributed by atoms with E-state index in [1.807, 2.05) is 42.5 Å². The Balaban J connectivity index is 1.97. The van der Waals surface area contributed by atoms with Crippen LogP contribution in [0.25, 0.3) is 11.3 Å². The zero-order chi connectivity index (χ0) is 14.5. The first kappa shape index (κ1) is 12.8. The molecular formula is C17H11N3O. The fourth-order valence-corrected chi connectivity index (χ4v) is 1.90. The van der Waals surface area contributed by atoms with Crippen molar-refractivity contribution >= 4 is 0 Å². The largest absolute Gasteiger partial charge is 0.437 e. The molecule has 0 fully saturated rings. The van der Waals surface area contributed by atoms with Crippen LogP contribution >= 0.6 is 0 Å². The van der Waals surface area contributed by atoms with Crippen molar-refractivity contribution in [2.75, 3.05) is 0 Å². The van der Waals surface area contributed by atoms with E-state index in [0.717, 1.165) is 5.56 Å². The second-order valence-corrected chi connectivity index (χ2v) is 4.31. The molecule has 0 spiro atoms. The van der Waals surface area contributed by atoms with Crippen molar-refractivity contribution in [2.24, 2.45) is 0 Å². The molecule has 0 saturated heterocycles. The average Bonchev–Trinajstić information content (AvgIpc) is 2.56. The van der Waals surface area contributed by atoms with Crippen LogP contribution in [0.4, 0.5) is 0 Å². The summed E-state index contributed by atoms with van der Waals surface area (Å²) < 4.78 is 5.78. The maximum atomic E-state index is 8.85. The van der Waals surface area contributed by atoms with E-state index in [1.54, 1.807) is 24.5 Å².